The molecule has 1 rings (SSSR count). The van der Waals surface area contributed by atoms with Gasteiger partial charge in [0.15, 0.2) is 5.82 Å². The standard InChI is InChI=1S/C7H12N4O/c1-3-5-6(8)7(9-4-12)11(2)10-5/h4H,3,8H2,1-2H3,(H,9,12). The topological polar surface area (TPSA) is 72.9 Å². The number of aryl methyl sites for hydroxylation is 2. The summed E-state index contributed by atoms with van der Waals surface area (Å²) >= 11 is 0. The molecule has 5 nitrogen and oxygen atoms in total. The van der Waals surface area contributed by atoms with Gasteiger partial charge in [0.05, 0.1) is 11.4 Å². The minimum Gasteiger partial charge on any atom is -0.394 e. The Morgan fingerprint density at radius 2 is 2.42 bits per heavy atom. The van der Waals surface area contributed by atoms with Crippen LogP contribution >= 0.6 is 0 Å². The number of aromatic nitrogens is 2. The molecule has 0 saturated heterocycles. The van der Waals surface area contributed by atoms with Crippen LogP contribution in [0.25, 0.3) is 0 Å². The lowest BCUT2D eigenvalue weighted by molar-refractivity contribution is -0.105. The summed E-state index contributed by atoms with van der Waals surface area (Å²) in [6, 6.07) is 0. The van der Waals surface area contributed by atoms with Crippen molar-refractivity contribution in [1.82, 2.24) is 9.78 Å². The number of nitrogens with two attached hydrogens (primary N) is 1. The molecule has 5 heteroatoms. The SMILES string of the molecule is CCc1nn(C)c(NC=O)c1N. The molecule has 0 atom stereocenters. The highest BCUT2D eigenvalue weighted by atomic mass is 16.1. The number of hydrogen-bond acceptors (Lipinski definition) is 3. The van der Waals surface area contributed by atoms with Gasteiger partial charge >= 0.3 is 0 Å². The normalized spacial score (nSPS) is 9.83. The van der Waals surface area contributed by atoms with E-state index in [9.17, 15) is 4.79 Å². The van der Waals surface area contributed by atoms with Crippen LogP contribution in [0.3, 0.4) is 0 Å². The molecule has 0 aliphatic carbocycles. The molecule has 66 valence electrons. The van der Waals surface area contributed by atoms with Gasteiger partial charge in [0.1, 0.15) is 0 Å². The van der Waals surface area contributed by atoms with Crippen LogP contribution in [0.4, 0.5) is 11.5 Å². The Hall–Kier alpha value is -1.52. The van der Waals surface area contributed by atoms with Gasteiger partial charge in [-0.05, 0) is 6.42 Å². The predicted octanol–water partition coefficient (Wildman–Crippen LogP) is 0.133. The Morgan fingerprint density at radius 3 is 2.83 bits per heavy atom. The number of carbonyl (C=O) groups is 1. The van der Waals surface area contributed by atoms with Gasteiger partial charge in [-0.2, -0.15) is 5.10 Å². The van der Waals surface area contributed by atoms with E-state index in [4.69, 9.17) is 5.73 Å². The highest BCUT2D eigenvalue weighted by Crippen LogP contribution is 2.21. The number of amides is 1. The Morgan fingerprint density at radius 1 is 1.75 bits per heavy atom. The average Bonchev–Trinajstić information content (AvgIpc) is 2.32. The molecule has 0 saturated carbocycles. The van der Waals surface area contributed by atoms with E-state index in [-0.39, 0.29) is 0 Å². The molecule has 3 N–H and O–H groups in total. The molecule has 0 bridgehead atoms. The quantitative estimate of drug-likeness (QED) is 0.630. The molecule has 0 spiro atoms. The Balaban J connectivity index is 3.09. The van der Waals surface area contributed by atoms with Crippen LogP contribution < -0.4 is 11.1 Å². The minimum atomic E-state index is 0.548. The Kier molecular flexibility index (Phi) is 2.32. The molecule has 0 aliphatic rings. The van der Waals surface area contributed by atoms with Crippen molar-refractivity contribution in [1.29, 1.82) is 0 Å². The van der Waals surface area contributed by atoms with Crippen molar-refractivity contribution in [3.8, 4) is 0 Å². The molecule has 0 unspecified atom stereocenters. The first-order chi connectivity index (χ1) is 5.70. The molecular weight excluding hydrogens is 156 g/mol. The lowest BCUT2D eigenvalue weighted by Crippen LogP contribution is -2.03. The molecular formula is C7H12N4O. The minimum absolute atomic E-state index is 0.548. The van der Waals surface area contributed by atoms with E-state index in [2.05, 4.69) is 10.4 Å². The monoisotopic (exact) mass is 168 g/mol. The second-order valence-corrected chi connectivity index (χ2v) is 2.45. The second-order valence-electron chi connectivity index (χ2n) is 2.45. The molecule has 1 heterocycles. The summed E-state index contributed by atoms with van der Waals surface area (Å²) in [6.07, 6.45) is 1.35. The van der Waals surface area contributed by atoms with Gasteiger partial charge < -0.3 is 11.1 Å². The van der Waals surface area contributed by atoms with Crippen LogP contribution in [0.5, 0.6) is 0 Å². The second kappa shape index (κ2) is 3.25. The van der Waals surface area contributed by atoms with Gasteiger partial charge in [-0.3, -0.25) is 9.48 Å². The zero-order valence-corrected chi connectivity index (χ0v) is 7.16. The molecule has 1 aromatic heterocycles. The van der Waals surface area contributed by atoms with Crippen LogP contribution in [0.2, 0.25) is 0 Å². The van der Waals surface area contributed by atoms with E-state index in [1.54, 1.807) is 11.7 Å². The van der Waals surface area contributed by atoms with Crippen molar-refractivity contribution in [2.45, 2.75) is 13.3 Å². The molecule has 1 aromatic rings. The predicted molar refractivity (Wildman–Crippen MR) is 46.7 cm³/mol. The van der Waals surface area contributed by atoms with Crippen LogP contribution in [-0.2, 0) is 18.3 Å². The number of carbonyl (C=O) groups excluding carboxylic acids is 1. The summed E-state index contributed by atoms with van der Waals surface area (Å²) in [7, 11) is 1.74. The molecule has 12 heavy (non-hydrogen) atoms. The fourth-order valence-electron chi connectivity index (χ4n) is 1.08. The van der Waals surface area contributed by atoms with Gasteiger partial charge in [0.25, 0.3) is 0 Å². The molecule has 0 aromatic carbocycles. The van der Waals surface area contributed by atoms with E-state index >= 15 is 0 Å². The summed E-state index contributed by atoms with van der Waals surface area (Å²) in [6.45, 7) is 1.96. The number of rotatable bonds is 3. The van der Waals surface area contributed by atoms with Crippen LogP contribution in [-0.4, -0.2) is 16.2 Å². The number of hydrogen-bond donors (Lipinski definition) is 2. The van der Waals surface area contributed by atoms with Gasteiger partial charge in [0.2, 0.25) is 6.41 Å². The van der Waals surface area contributed by atoms with Crippen LogP contribution in [0.1, 0.15) is 12.6 Å². The van der Waals surface area contributed by atoms with Gasteiger partial charge in [-0.15, -0.1) is 0 Å². The van der Waals surface area contributed by atoms with E-state index in [1.165, 1.54) is 0 Å². The first-order valence-electron chi connectivity index (χ1n) is 3.72. The molecule has 0 radical (unpaired) electrons. The Labute approximate surface area is 70.5 Å². The zero-order chi connectivity index (χ0) is 9.14. The fourth-order valence-corrected chi connectivity index (χ4v) is 1.08. The van der Waals surface area contributed by atoms with Gasteiger partial charge in [-0.1, -0.05) is 6.92 Å². The van der Waals surface area contributed by atoms with E-state index in [0.29, 0.717) is 17.9 Å². The van der Waals surface area contributed by atoms with Crippen LogP contribution in [0, 0.1) is 0 Å². The number of nitrogens with zero attached hydrogens (tertiary/aromatic N) is 2. The fraction of sp³-hybridized carbons (Fsp3) is 0.429. The first kappa shape index (κ1) is 8.58. The summed E-state index contributed by atoms with van der Waals surface area (Å²) < 4.78 is 1.56. The highest BCUT2D eigenvalue weighted by molar-refractivity contribution is 5.78. The molecule has 0 aliphatic heterocycles. The maximum Gasteiger partial charge on any atom is 0.212 e. The van der Waals surface area contributed by atoms with Gasteiger partial charge in [-0.25, -0.2) is 0 Å². The third-order valence-corrected chi connectivity index (χ3v) is 1.69. The van der Waals surface area contributed by atoms with E-state index < -0.39 is 0 Å². The molecule has 0 fully saturated rings. The highest BCUT2D eigenvalue weighted by Gasteiger charge is 2.10. The number of anilines is 2. The Bertz CT molecular complexity index is 292. The molecule has 1 amide bonds. The summed E-state index contributed by atoms with van der Waals surface area (Å²) in [5.74, 6) is 0.557. The van der Waals surface area contributed by atoms with Crippen molar-refractivity contribution in [2.24, 2.45) is 7.05 Å². The summed E-state index contributed by atoms with van der Waals surface area (Å²) in [5.41, 5.74) is 7.05. The third-order valence-electron chi connectivity index (χ3n) is 1.69. The van der Waals surface area contributed by atoms with Crippen molar-refractivity contribution in [3.63, 3.8) is 0 Å². The average molecular weight is 168 g/mol. The van der Waals surface area contributed by atoms with E-state index in [0.717, 1.165) is 12.1 Å². The first-order valence-corrected chi connectivity index (χ1v) is 3.72. The zero-order valence-electron chi connectivity index (χ0n) is 7.16. The van der Waals surface area contributed by atoms with Crippen molar-refractivity contribution >= 4 is 17.9 Å². The van der Waals surface area contributed by atoms with E-state index in [1.807, 2.05) is 6.92 Å². The maximum atomic E-state index is 10.2. The smallest absolute Gasteiger partial charge is 0.212 e. The van der Waals surface area contributed by atoms with Crippen molar-refractivity contribution < 1.29 is 4.79 Å². The van der Waals surface area contributed by atoms with Crippen molar-refractivity contribution in [3.05, 3.63) is 5.69 Å². The van der Waals surface area contributed by atoms with Crippen molar-refractivity contribution in [2.75, 3.05) is 11.1 Å². The summed E-state index contributed by atoms with van der Waals surface area (Å²) in [4.78, 5) is 10.2. The maximum absolute atomic E-state index is 10.2. The number of nitrogen functional groups attached to an aromatic ring is 1. The lowest BCUT2D eigenvalue weighted by atomic mass is 10.3. The third kappa shape index (κ3) is 1.25. The summed E-state index contributed by atoms with van der Waals surface area (Å²) in [5, 5.41) is 6.61. The number of nitrogens with one attached hydrogen (secondary N) is 1. The van der Waals surface area contributed by atoms with Gasteiger partial charge in [0, 0.05) is 7.05 Å². The van der Waals surface area contributed by atoms with Crippen LogP contribution in [0.15, 0.2) is 0 Å². The lowest BCUT2D eigenvalue weighted by Gasteiger charge is -1.98. The largest absolute Gasteiger partial charge is 0.394 e.